The summed E-state index contributed by atoms with van der Waals surface area (Å²) in [5.41, 5.74) is 10.3. The Bertz CT molecular complexity index is 2490. The van der Waals surface area contributed by atoms with Crippen molar-refractivity contribution in [3.8, 4) is 44.9 Å². The van der Waals surface area contributed by atoms with Gasteiger partial charge in [0.15, 0.2) is 5.82 Å². The van der Waals surface area contributed by atoms with E-state index in [1.807, 2.05) is 24.3 Å². The molecule has 9 rings (SSSR count). The molecule has 0 bridgehead atoms. The molecule has 0 saturated heterocycles. The first-order chi connectivity index (χ1) is 21.8. The molecule has 206 valence electrons. The molecule has 0 amide bonds. The number of benzene rings is 6. The molecule has 9 aromatic rings. The topological polar surface area (TPSA) is 38.9 Å². The molecule has 0 saturated carbocycles. The van der Waals surface area contributed by atoms with Crippen molar-refractivity contribution >= 4 is 53.6 Å². The Morgan fingerprint density at radius 2 is 1.16 bits per heavy atom. The third-order valence-corrected chi connectivity index (χ3v) is 9.47. The van der Waals surface area contributed by atoms with E-state index in [2.05, 4.69) is 121 Å². The van der Waals surface area contributed by atoms with Crippen LogP contribution in [-0.4, -0.2) is 9.97 Å². The summed E-state index contributed by atoms with van der Waals surface area (Å²) in [5.74, 6) is 0.694. The van der Waals surface area contributed by atoms with Crippen molar-refractivity contribution in [3.05, 3.63) is 146 Å². The lowest BCUT2D eigenvalue weighted by atomic mass is 10.00. The fourth-order valence-corrected chi connectivity index (χ4v) is 7.36. The zero-order valence-electron chi connectivity index (χ0n) is 23.6. The van der Waals surface area contributed by atoms with E-state index in [0.717, 1.165) is 65.5 Å². The van der Waals surface area contributed by atoms with Crippen LogP contribution in [0.1, 0.15) is 0 Å². The first-order valence-corrected chi connectivity index (χ1v) is 15.5. The molecule has 4 heteroatoms. The molecule has 0 atom stereocenters. The molecule has 6 aromatic carbocycles. The van der Waals surface area contributed by atoms with Crippen molar-refractivity contribution in [2.24, 2.45) is 0 Å². The number of nitrogens with zero attached hydrogens (tertiary/aromatic N) is 2. The molecule has 44 heavy (non-hydrogen) atoms. The lowest BCUT2D eigenvalue weighted by Gasteiger charge is -2.10. The summed E-state index contributed by atoms with van der Waals surface area (Å²) >= 11 is 1.75. The van der Waals surface area contributed by atoms with E-state index < -0.39 is 0 Å². The van der Waals surface area contributed by atoms with Gasteiger partial charge >= 0.3 is 0 Å². The molecular weight excluding hydrogens is 557 g/mol. The number of aromatic nitrogens is 2. The highest BCUT2D eigenvalue weighted by molar-refractivity contribution is 7.26. The number of thiophene rings is 1. The second kappa shape index (κ2) is 10.0. The van der Waals surface area contributed by atoms with Crippen LogP contribution in [0, 0.1) is 0 Å². The maximum atomic E-state index is 6.37. The van der Waals surface area contributed by atoms with Gasteiger partial charge in [-0.3, -0.25) is 0 Å². The number of furan rings is 1. The summed E-state index contributed by atoms with van der Waals surface area (Å²) in [6.45, 7) is 0. The van der Waals surface area contributed by atoms with Crippen LogP contribution >= 0.6 is 11.3 Å². The Hall–Kier alpha value is -5.58. The minimum atomic E-state index is 0.694. The highest BCUT2D eigenvalue weighted by atomic mass is 32.1. The zero-order chi connectivity index (χ0) is 29.0. The van der Waals surface area contributed by atoms with E-state index in [4.69, 9.17) is 14.4 Å². The summed E-state index contributed by atoms with van der Waals surface area (Å²) < 4.78 is 8.67. The van der Waals surface area contributed by atoms with Crippen molar-refractivity contribution in [1.29, 1.82) is 0 Å². The maximum Gasteiger partial charge on any atom is 0.161 e. The van der Waals surface area contributed by atoms with Gasteiger partial charge in [0.1, 0.15) is 11.2 Å². The molecule has 3 aromatic heterocycles. The van der Waals surface area contributed by atoms with Crippen LogP contribution in [0.5, 0.6) is 0 Å². The third-order valence-electron chi connectivity index (χ3n) is 8.31. The van der Waals surface area contributed by atoms with Gasteiger partial charge in [-0.15, -0.1) is 11.3 Å². The van der Waals surface area contributed by atoms with Gasteiger partial charge in [-0.1, -0.05) is 115 Å². The van der Waals surface area contributed by atoms with Crippen LogP contribution in [-0.2, 0) is 0 Å². The Morgan fingerprint density at radius 1 is 0.477 bits per heavy atom. The monoisotopic (exact) mass is 580 g/mol. The Balaban J connectivity index is 1.32. The van der Waals surface area contributed by atoms with Crippen molar-refractivity contribution in [2.75, 3.05) is 0 Å². The van der Waals surface area contributed by atoms with Gasteiger partial charge in [0.25, 0.3) is 0 Å². The standard InChI is InChI=1S/C40H24N2OS/c1-3-11-25(12-4-1)27-15-9-16-29(23-27)37-39-38(30-17-7-8-20-35(30)44-39)42-40(41-37)31-18-10-19-34-36(31)32-24-28(21-22-33(32)43-34)26-13-5-2-6-14-26/h1-24H. The van der Waals surface area contributed by atoms with Crippen LogP contribution < -0.4 is 0 Å². The van der Waals surface area contributed by atoms with E-state index in [1.54, 1.807) is 11.3 Å². The molecule has 0 radical (unpaired) electrons. The summed E-state index contributed by atoms with van der Waals surface area (Å²) in [6.07, 6.45) is 0. The second-order valence-corrected chi connectivity index (χ2v) is 12.0. The largest absolute Gasteiger partial charge is 0.456 e. The lowest BCUT2D eigenvalue weighted by molar-refractivity contribution is 0.669. The van der Waals surface area contributed by atoms with Gasteiger partial charge in [-0.25, -0.2) is 9.97 Å². The van der Waals surface area contributed by atoms with Gasteiger partial charge in [0.05, 0.1) is 15.9 Å². The van der Waals surface area contributed by atoms with Crippen molar-refractivity contribution in [3.63, 3.8) is 0 Å². The van der Waals surface area contributed by atoms with Gasteiger partial charge in [-0.2, -0.15) is 0 Å². The maximum absolute atomic E-state index is 6.37. The first-order valence-electron chi connectivity index (χ1n) is 14.7. The zero-order valence-corrected chi connectivity index (χ0v) is 24.4. The summed E-state index contributed by atoms with van der Waals surface area (Å²) in [6, 6.07) is 50.7. The average molecular weight is 581 g/mol. The van der Waals surface area contributed by atoms with Gasteiger partial charge in [0, 0.05) is 32.0 Å². The van der Waals surface area contributed by atoms with Crippen LogP contribution in [0.4, 0.5) is 0 Å². The minimum Gasteiger partial charge on any atom is -0.456 e. The lowest BCUT2D eigenvalue weighted by Crippen LogP contribution is -1.94. The predicted molar refractivity (Wildman–Crippen MR) is 184 cm³/mol. The van der Waals surface area contributed by atoms with Crippen LogP contribution in [0.3, 0.4) is 0 Å². The molecule has 0 aliphatic rings. The van der Waals surface area contributed by atoms with Crippen molar-refractivity contribution in [1.82, 2.24) is 9.97 Å². The number of hydrogen-bond acceptors (Lipinski definition) is 4. The predicted octanol–water partition coefficient (Wildman–Crippen LogP) is 11.4. The van der Waals surface area contributed by atoms with Gasteiger partial charge in [0.2, 0.25) is 0 Å². The van der Waals surface area contributed by atoms with Crippen LogP contribution in [0.25, 0.3) is 87.1 Å². The molecule has 0 unspecified atom stereocenters. The SMILES string of the molecule is c1ccc(-c2cccc(-c3nc(-c4cccc5oc6ccc(-c7ccccc7)cc6c45)nc4c3sc3ccccc34)c2)cc1. The smallest absolute Gasteiger partial charge is 0.161 e. The quantitative estimate of drug-likeness (QED) is 0.208. The minimum absolute atomic E-state index is 0.694. The number of fused-ring (bicyclic) bond motifs is 6. The van der Waals surface area contributed by atoms with E-state index >= 15 is 0 Å². The highest BCUT2D eigenvalue weighted by Crippen LogP contribution is 2.42. The molecule has 3 nitrogen and oxygen atoms in total. The second-order valence-electron chi connectivity index (χ2n) is 11.0. The van der Waals surface area contributed by atoms with Gasteiger partial charge in [-0.05, 0) is 52.6 Å². The van der Waals surface area contributed by atoms with Crippen molar-refractivity contribution < 1.29 is 4.42 Å². The fourth-order valence-electron chi connectivity index (χ4n) is 6.21. The van der Waals surface area contributed by atoms with E-state index in [9.17, 15) is 0 Å². The first kappa shape index (κ1) is 25.0. The molecular formula is C40H24N2OS. The highest BCUT2D eigenvalue weighted by Gasteiger charge is 2.20. The summed E-state index contributed by atoms with van der Waals surface area (Å²) in [7, 11) is 0. The van der Waals surface area contributed by atoms with Crippen LogP contribution in [0.2, 0.25) is 0 Å². The summed E-state index contributed by atoms with van der Waals surface area (Å²) in [4.78, 5) is 10.6. The van der Waals surface area contributed by atoms with E-state index in [1.165, 1.54) is 15.8 Å². The number of hydrogen-bond donors (Lipinski definition) is 0. The molecule has 0 aliphatic heterocycles. The van der Waals surface area contributed by atoms with Gasteiger partial charge < -0.3 is 4.42 Å². The Labute approximate surface area is 257 Å². The van der Waals surface area contributed by atoms with Crippen LogP contribution in [0.15, 0.2) is 150 Å². The van der Waals surface area contributed by atoms with E-state index in [0.29, 0.717) is 5.82 Å². The molecule has 3 heterocycles. The molecule has 0 fully saturated rings. The third kappa shape index (κ3) is 4.03. The van der Waals surface area contributed by atoms with E-state index in [-0.39, 0.29) is 0 Å². The average Bonchev–Trinajstić information content (AvgIpc) is 3.67. The fraction of sp³-hybridized carbons (Fsp3) is 0. The molecule has 0 aliphatic carbocycles. The summed E-state index contributed by atoms with van der Waals surface area (Å²) in [5, 5.41) is 3.24. The number of rotatable bonds is 4. The van der Waals surface area contributed by atoms with Crippen molar-refractivity contribution in [2.45, 2.75) is 0 Å². The Morgan fingerprint density at radius 3 is 1.98 bits per heavy atom. The normalized spacial score (nSPS) is 11.6. The molecule has 0 spiro atoms. The molecule has 0 N–H and O–H groups in total. The Kier molecular flexibility index (Phi) is 5.68.